The number of furan rings is 1. The molecule has 0 saturated heterocycles. The molecule has 0 unspecified atom stereocenters. The smallest absolute Gasteiger partial charge is 0.243 e. The Morgan fingerprint density at radius 2 is 1.81 bits per heavy atom. The van der Waals surface area contributed by atoms with Crippen LogP contribution in [0.5, 0.6) is 0 Å². The van der Waals surface area contributed by atoms with Crippen LogP contribution in [0.4, 0.5) is 0 Å². The van der Waals surface area contributed by atoms with E-state index in [-0.39, 0.29) is 23.9 Å². The maximum atomic E-state index is 13.5. The van der Waals surface area contributed by atoms with Gasteiger partial charge < -0.3 is 9.32 Å². The highest BCUT2D eigenvalue weighted by atomic mass is 32.2. The van der Waals surface area contributed by atoms with E-state index in [0.29, 0.717) is 18.8 Å². The molecule has 162 valence electrons. The summed E-state index contributed by atoms with van der Waals surface area (Å²) >= 11 is 0. The monoisotopic (exact) mass is 438 g/mol. The number of nitrogens with zero attached hydrogens (tertiary/aromatic N) is 2. The maximum Gasteiger partial charge on any atom is 0.243 e. The van der Waals surface area contributed by atoms with Gasteiger partial charge in [0.1, 0.15) is 5.76 Å². The number of aryl methyl sites for hydroxylation is 2. The molecular formula is C24H26N2O4S. The van der Waals surface area contributed by atoms with Crippen LogP contribution >= 0.6 is 0 Å². The molecule has 4 rings (SSSR count). The van der Waals surface area contributed by atoms with Gasteiger partial charge in [-0.05, 0) is 66.8 Å². The minimum atomic E-state index is -3.88. The van der Waals surface area contributed by atoms with Gasteiger partial charge in [0.05, 0.1) is 24.2 Å². The third-order valence-electron chi connectivity index (χ3n) is 5.82. The number of amides is 1. The second-order valence-corrected chi connectivity index (χ2v) is 9.87. The highest BCUT2D eigenvalue weighted by Gasteiger charge is 2.30. The molecule has 1 aromatic heterocycles. The van der Waals surface area contributed by atoms with Gasteiger partial charge in [0, 0.05) is 13.1 Å². The fourth-order valence-electron chi connectivity index (χ4n) is 3.79. The molecule has 0 saturated carbocycles. The van der Waals surface area contributed by atoms with Gasteiger partial charge >= 0.3 is 0 Å². The fourth-order valence-corrected chi connectivity index (χ4v) is 5.23. The average molecular weight is 439 g/mol. The first-order valence-corrected chi connectivity index (χ1v) is 11.7. The number of carbonyl (C=O) groups excluding carboxylic acids is 1. The van der Waals surface area contributed by atoms with Gasteiger partial charge in [-0.3, -0.25) is 4.79 Å². The van der Waals surface area contributed by atoms with Crippen LogP contribution in [-0.4, -0.2) is 36.6 Å². The molecule has 1 amide bonds. The molecule has 7 heteroatoms. The lowest BCUT2D eigenvalue weighted by atomic mass is 10.00. The van der Waals surface area contributed by atoms with Gasteiger partial charge in [-0.15, -0.1) is 0 Å². The van der Waals surface area contributed by atoms with E-state index in [1.165, 1.54) is 16.1 Å². The van der Waals surface area contributed by atoms with Crippen molar-refractivity contribution in [3.8, 4) is 0 Å². The topological polar surface area (TPSA) is 70.8 Å². The molecule has 0 atom stereocenters. The van der Waals surface area contributed by atoms with Crippen LogP contribution in [-0.2, 0) is 34.3 Å². The molecule has 0 N–H and O–H groups in total. The van der Waals surface area contributed by atoms with Gasteiger partial charge in [0.15, 0.2) is 0 Å². The van der Waals surface area contributed by atoms with Gasteiger partial charge in [0.2, 0.25) is 15.9 Å². The molecule has 1 aliphatic heterocycles. The second kappa shape index (κ2) is 8.69. The van der Waals surface area contributed by atoms with Crippen LogP contribution in [0, 0.1) is 13.8 Å². The molecule has 31 heavy (non-hydrogen) atoms. The summed E-state index contributed by atoms with van der Waals surface area (Å²) in [5, 5.41) is 0. The van der Waals surface area contributed by atoms with Crippen LogP contribution in [0.15, 0.2) is 70.2 Å². The molecule has 3 aromatic rings. The Balaban J connectivity index is 1.59. The van der Waals surface area contributed by atoms with E-state index in [4.69, 9.17) is 4.42 Å². The van der Waals surface area contributed by atoms with Crippen molar-refractivity contribution in [3.05, 3.63) is 88.9 Å². The first-order valence-electron chi connectivity index (χ1n) is 10.3. The van der Waals surface area contributed by atoms with Crippen molar-refractivity contribution in [1.82, 2.24) is 9.21 Å². The van der Waals surface area contributed by atoms with Crippen LogP contribution in [0.1, 0.15) is 28.0 Å². The SMILES string of the molecule is Cc1ccc(S(=O)(=O)N(CC(=O)N2CCc3ccccc3C2)Cc2ccco2)cc1C. The third kappa shape index (κ3) is 4.57. The lowest BCUT2D eigenvalue weighted by Gasteiger charge is -2.31. The second-order valence-electron chi connectivity index (χ2n) is 7.93. The van der Waals surface area contributed by atoms with E-state index in [9.17, 15) is 13.2 Å². The highest BCUT2D eigenvalue weighted by molar-refractivity contribution is 7.89. The lowest BCUT2D eigenvalue weighted by molar-refractivity contribution is -0.132. The first-order chi connectivity index (χ1) is 14.8. The quantitative estimate of drug-likeness (QED) is 0.589. The largest absolute Gasteiger partial charge is 0.468 e. The van der Waals surface area contributed by atoms with Crippen molar-refractivity contribution in [1.29, 1.82) is 0 Å². The predicted octanol–water partition coefficient (Wildman–Crippen LogP) is 3.67. The minimum absolute atomic E-state index is 0.00156. The molecule has 2 heterocycles. The standard InChI is InChI=1S/C24H26N2O4S/c1-18-9-10-23(14-19(18)2)31(28,29)26(16-22-8-5-13-30-22)17-24(27)25-12-11-20-6-3-4-7-21(20)15-25/h3-10,13-14H,11-12,15-17H2,1-2H3. The number of benzene rings is 2. The van der Waals surface area contributed by atoms with Gasteiger partial charge in [0.25, 0.3) is 0 Å². The zero-order chi connectivity index (χ0) is 22.0. The third-order valence-corrected chi connectivity index (χ3v) is 7.61. The van der Waals surface area contributed by atoms with Gasteiger partial charge in [-0.1, -0.05) is 30.3 Å². The number of hydrogen-bond acceptors (Lipinski definition) is 4. The highest BCUT2D eigenvalue weighted by Crippen LogP contribution is 2.23. The van der Waals surface area contributed by atoms with Crippen molar-refractivity contribution in [2.24, 2.45) is 0 Å². The van der Waals surface area contributed by atoms with E-state index in [2.05, 4.69) is 6.07 Å². The molecule has 2 aromatic carbocycles. The molecule has 6 nitrogen and oxygen atoms in total. The Kier molecular flexibility index (Phi) is 5.98. The van der Waals surface area contributed by atoms with E-state index >= 15 is 0 Å². The summed E-state index contributed by atoms with van der Waals surface area (Å²) < 4.78 is 33.5. The van der Waals surface area contributed by atoms with Crippen molar-refractivity contribution in [3.63, 3.8) is 0 Å². The van der Waals surface area contributed by atoms with Crippen LogP contribution in [0.3, 0.4) is 0 Å². The molecule has 0 bridgehead atoms. The summed E-state index contributed by atoms with van der Waals surface area (Å²) in [5.41, 5.74) is 4.25. The van der Waals surface area contributed by atoms with Gasteiger partial charge in [-0.2, -0.15) is 4.31 Å². The summed E-state index contributed by atoms with van der Waals surface area (Å²) in [4.78, 5) is 15.0. The predicted molar refractivity (Wildman–Crippen MR) is 118 cm³/mol. The molecule has 0 fully saturated rings. The molecular weight excluding hydrogens is 412 g/mol. The molecule has 0 aliphatic carbocycles. The van der Waals surface area contributed by atoms with E-state index in [1.807, 2.05) is 32.0 Å². The molecule has 0 spiro atoms. The number of hydrogen-bond donors (Lipinski definition) is 0. The Labute approximate surface area is 183 Å². The van der Waals surface area contributed by atoms with E-state index < -0.39 is 10.0 Å². The Morgan fingerprint density at radius 1 is 1.03 bits per heavy atom. The van der Waals surface area contributed by atoms with Crippen molar-refractivity contribution in [2.45, 2.75) is 38.3 Å². The zero-order valence-corrected chi connectivity index (χ0v) is 18.6. The Bertz CT molecular complexity index is 1190. The van der Waals surface area contributed by atoms with E-state index in [0.717, 1.165) is 23.1 Å². The number of carbonyl (C=O) groups is 1. The Hall–Kier alpha value is -2.90. The number of sulfonamides is 1. The normalized spacial score (nSPS) is 14.0. The maximum absolute atomic E-state index is 13.5. The molecule has 1 aliphatic rings. The first kappa shape index (κ1) is 21.3. The summed E-state index contributed by atoms with van der Waals surface area (Å²) in [7, 11) is -3.88. The van der Waals surface area contributed by atoms with Crippen molar-refractivity contribution >= 4 is 15.9 Å². The zero-order valence-electron chi connectivity index (χ0n) is 17.7. The lowest BCUT2D eigenvalue weighted by Crippen LogP contribution is -2.44. The number of rotatable bonds is 6. The Morgan fingerprint density at radius 3 is 2.52 bits per heavy atom. The number of fused-ring (bicyclic) bond motifs is 1. The van der Waals surface area contributed by atoms with Gasteiger partial charge in [-0.25, -0.2) is 8.42 Å². The fraction of sp³-hybridized carbons (Fsp3) is 0.292. The summed E-state index contributed by atoms with van der Waals surface area (Å²) in [6, 6.07) is 16.5. The van der Waals surface area contributed by atoms with Crippen LogP contribution in [0.2, 0.25) is 0 Å². The summed E-state index contributed by atoms with van der Waals surface area (Å²) in [5.74, 6) is 0.276. The molecule has 0 radical (unpaired) electrons. The van der Waals surface area contributed by atoms with Crippen LogP contribution < -0.4 is 0 Å². The van der Waals surface area contributed by atoms with Crippen LogP contribution in [0.25, 0.3) is 0 Å². The van der Waals surface area contributed by atoms with Crippen molar-refractivity contribution in [2.75, 3.05) is 13.1 Å². The summed E-state index contributed by atoms with van der Waals surface area (Å²) in [6.45, 7) is 4.64. The average Bonchev–Trinajstić information content (AvgIpc) is 3.28. The van der Waals surface area contributed by atoms with E-state index in [1.54, 1.807) is 35.2 Å². The summed E-state index contributed by atoms with van der Waals surface area (Å²) in [6.07, 6.45) is 2.27. The minimum Gasteiger partial charge on any atom is -0.468 e. The van der Waals surface area contributed by atoms with Crippen molar-refractivity contribution < 1.29 is 17.6 Å².